The van der Waals surface area contributed by atoms with Crippen LogP contribution in [-0.4, -0.2) is 43.4 Å². The summed E-state index contributed by atoms with van der Waals surface area (Å²) in [6.07, 6.45) is 1.40. The number of nitrogens with two attached hydrogens (primary N) is 1. The van der Waals surface area contributed by atoms with Gasteiger partial charge in [0.05, 0.1) is 39.5 Å². The van der Waals surface area contributed by atoms with Crippen molar-refractivity contribution < 1.29 is 18.9 Å². The summed E-state index contributed by atoms with van der Waals surface area (Å²) in [7, 11) is 6.42. The largest absolute Gasteiger partial charge is 0.497 e. The molecule has 158 valence electrons. The van der Waals surface area contributed by atoms with Gasteiger partial charge in [-0.25, -0.2) is 15.0 Å². The maximum absolute atomic E-state index is 6.23. The van der Waals surface area contributed by atoms with Gasteiger partial charge >= 0.3 is 0 Å². The van der Waals surface area contributed by atoms with E-state index in [-0.39, 0.29) is 0 Å². The summed E-state index contributed by atoms with van der Waals surface area (Å²) in [5.74, 6) is 2.91. The van der Waals surface area contributed by atoms with Crippen molar-refractivity contribution in [2.24, 2.45) is 0 Å². The van der Waals surface area contributed by atoms with E-state index in [1.807, 2.05) is 42.5 Å². The molecule has 0 amide bonds. The van der Waals surface area contributed by atoms with Crippen LogP contribution in [0.5, 0.6) is 23.0 Å². The Morgan fingerprint density at radius 1 is 0.710 bits per heavy atom. The highest BCUT2D eigenvalue weighted by atomic mass is 16.5. The zero-order chi connectivity index (χ0) is 22.0. The molecule has 0 aliphatic rings. The SMILES string of the molecule is COc1ccc(OC)c(-c2cc(-c3ccc(OC)c(OC)c3)nc3ncnc(N)c23)c1. The Kier molecular flexibility index (Phi) is 5.44. The van der Waals surface area contributed by atoms with Crippen molar-refractivity contribution >= 4 is 16.9 Å². The predicted octanol–water partition coefficient (Wildman–Crippen LogP) is 3.98. The summed E-state index contributed by atoms with van der Waals surface area (Å²) in [5.41, 5.74) is 9.79. The summed E-state index contributed by atoms with van der Waals surface area (Å²) in [5, 5.41) is 0.637. The van der Waals surface area contributed by atoms with E-state index < -0.39 is 0 Å². The first-order valence-corrected chi connectivity index (χ1v) is 9.45. The first kappa shape index (κ1) is 20.2. The number of fused-ring (bicyclic) bond motifs is 1. The molecule has 31 heavy (non-hydrogen) atoms. The molecule has 8 nitrogen and oxygen atoms in total. The molecule has 0 fully saturated rings. The van der Waals surface area contributed by atoms with Crippen LogP contribution in [0.1, 0.15) is 0 Å². The van der Waals surface area contributed by atoms with Gasteiger partial charge in [-0.2, -0.15) is 0 Å². The van der Waals surface area contributed by atoms with E-state index in [1.54, 1.807) is 28.4 Å². The van der Waals surface area contributed by atoms with Crippen LogP contribution >= 0.6 is 0 Å². The minimum Gasteiger partial charge on any atom is -0.497 e. The summed E-state index contributed by atoms with van der Waals surface area (Å²) in [6.45, 7) is 0. The molecule has 8 heteroatoms. The van der Waals surface area contributed by atoms with Gasteiger partial charge in [0.25, 0.3) is 0 Å². The molecule has 0 radical (unpaired) electrons. The zero-order valence-corrected chi connectivity index (χ0v) is 17.7. The van der Waals surface area contributed by atoms with Gasteiger partial charge in [0, 0.05) is 16.7 Å². The van der Waals surface area contributed by atoms with Crippen molar-refractivity contribution in [3.8, 4) is 45.4 Å². The number of pyridine rings is 1. The van der Waals surface area contributed by atoms with Crippen LogP contribution in [0.4, 0.5) is 5.82 Å². The van der Waals surface area contributed by atoms with E-state index in [1.165, 1.54) is 6.33 Å². The van der Waals surface area contributed by atoms with E-state index >= 15 is 0 Å². The van der Waals surface area contributed by atoms with Gasteiger partial charge in [-0.3, -0.25) is 0 Å². The normalized spacial score (nSPS) is 10.7. The Bertz CT molecular complexity index is 1260. The third-order valence-corrected chi connectivity index (χ3v) is 5.01. The monoisotopic (exact) mass is 418 g/mol. The molecule has 0 aliphatic carbocycles. The number of methoxy groups -OCH3 is 4. The van der Waals surface area contributed by atoms with Crippen molar-refractivity contribution in [1.82, 2.24) is 15.0 Å². The molecule has 0 spiro atoms. The number of hydrogen-bond acceptors (Lipinski definition) is 8. The van der Waals surface area contributed by atoms with Gasteiger partial charge in [-0.05, 0) is 42.5 Å². The molecule has 4 aromatic rings. The van der Waals surface area contributed by atoms with Crippen LogP contribution in [-0.2, 0) is 0 Å². The highest BCUT2D eigenvalue weighted by Crippen LogP contribution is 2.41. The molecule has 2 aromatic carbocycles. The maximum atomic E-state index is 6.23. The lowest BCUT2D eigenvalue weighted by Crippen LogP contribution is -2.00. The summed E-state index contributed by atoms with van der Waals surface area (Å²) in [4.78, 5) is 13.2. The van der Waals surface area contributed by atoms with E-state index in [0.29, 0.717) is 45.5 Å². The number of nitrogens with zero attached hydrogens (tertiary/aromatic N) is 3. The second kappa shape index (κ2) is 8.35. The Morgan fingerprint density at radius 2 is 1.45 bits per heavy atom. The van der Waals surface area contributed by atoms with Crippen molar-refractivity contribution in [3.05, 3.63) is 48.8 Å². The number of hydrogen-bond donors (Lipinski definition) is 1. The molecule has 0 aliphatic heterocycles. The van der Waals surface area contributed by atoms with Crippen molar-refractivity contribution in [2.75, 3.05) is 34.2 Å². The van der Waals surface area contributed by atoms with E-state index in [9.17, 15) is 0 Å². The third-order valence-electron chi connectivity index (χ3n) is 5.01. The Hall–Kier alpha value is -4.07. The van der Waals surface area contributed by atoms with E-state index in [0.717, 1.165) is 16.7 Å². The quantitative estimate of drug-likeness (QED) is 0.502. The first-order chi connectivity index (χ1) is 15.1. The smallest absolute Gasteiger partial charge is 0.165 e. The number of anilines is 1. The van der Waals surface area contributed by atoms with Crippen LogP contribution in [0.2, 0.25) is 0 Å². The predicted molar refractivity (Wildman–Crippen MR) is 119 cm³/mol. The molecule has 0 bridgehead atoms. The fourth-order valence-electron chi connectivity index (χ4n) is 3.47. The lowest BCUT2D eigenvalue weighted by Gasteiger charge is -2.15. The second-order valence-corrected chi connectivity index (χ2v) is 6.65. The molecule has 0 saturated heterocycles. The van der Waals surface area contributed by atoms with Crippen molar-refractivity contribution in [2.45, 2.75) is 0 Å². The van der Waals surface area contributed by atoms with Crippen LogP contribution in [0.15, 0.2) is 48.8 Å². The zero-order valence-electron chi connectivity index (χ0n) is 17.7. The van der Waals surface area contributed by atoms with Crippen LogP contribution in [0.3, 0.4) is 0 Å². The highest BCUT2D eigenvalue weighted by Gasteiger charge is 2.18. The summed E-state index contributed by atoms with van der Waals surface area (Å²) < 4.78 is 21.8. The number of nitrogen functional groups attached to an aromatic ring is 1. The highest BCUT2D eigenvalue weighted by molar-refractivity contribution is 6.02. The Morgan fingerprint density at radius 3 is 2.16 bits per heavy atom. The minimum absolute atomic E-state index is 0.330. The van der Waals surface area contributed by atoms with Crippen LogP contribution < -0.4 is 24.7 Å². The van der Waals surface area contributed by atoms with Gasteiger partial charge in [0.1, 0.15) is 23.6 Å². The lowest BCUT2D eigenvalue weighted by molar-refractivity contribution is 0.355. The van der Waals surface area contributed by atoms with Gasteiger partial charge in [-0.15, -0.1) is 0 Å². The lowest BCUT2D eigenvalue weighted by atomic mass is 9.98. The molecular formula is C23H22N4O4. The number of ether oxygens (including phenoxy) is 4. The number of benzene rings is 2. The molecular weight excluding hydrogens is 396 g/mol. The van der Waals surface area contributed by atoms with Gasteiger partial charge in [0.15, 0.2) is 17.1 Å². The van der Waals surface area contributed by atoms with Gasteiger partial charge in [0.2, 0.25) is 0 Å². The van der Waals surface area contributed by atoms with Crippen molar-refractivity contribution in [3.63, 3.8) is 0 Å². The fourth-order valence-corrected chi connectivity index (χ4v) is 3.47. The maximum Gasteiger partial charge on any atom is 0.165 e. The van der Waals surface area contributed by atoms with Crippen LogP contribution in [0, 0.1) is 0 Å². The molecule has 2 heterocycles. The van der Waals surface area contributed by atoms with E-state index in [4.69, 9.17) is 29.7 Å². The van der Waals surface area contributed by atoms with E-state index in [2.05, 4.69) is 9.97 Å². The number of aromatic nitrogens is 3. The summed E-state index contributed by atoms with van der Waals surface area (Å²) >= 11 is 0. The molecule has 0 unspecified atom stereocenters. The molecule has 2 aromatic heterocycles. The Labute approximate surface area is 179 Å². The Balaban J connectivity index is 2.03. The summed E-state index contributed by atoms with van der Waals surface area (Å²) in [6, 6.07) is 13.1. The molecule has 0 atom stereocenters. The van der Waals surface area contributed by atoms with Gasteiger partial charge < -0.3 is 24.7 Å². The average Bonchev–Trinajstić information content (AvgIpc) is 2.82. The first-order valence-electron chi connectivity index (χ1n) is 9.45. The van der Waals surface area contributed by atoms with Crippen molar-refractivity contribution in [1.29, 1.82) is 0 Å². The molecule has 2 N–H and O–H groups in total. The molecule has 0 saturated carbocycles. The third kappa shape index (κ3) is 3.63. The minimum atomic E-state index is 0.330. The van der Waals surface area contributed by atoms with Gasteiger partial charge in [-0.1, -0.05) is 0 Å². The average molecular weight is 418 g/mol. The second-order valence-electron chi connectivity index (χ2n) is 6.65. The molecule has 4 rings (SSSR count). The fraction of sp³-hybridized carbons (Fsp3) is 0.174. The number of rotatable bonds is 6. The van der Waals surface area contributed by atoms with Crippen LogP contribution in [0.25, 0.3) is 33.4 Å². The topological polar surface area (TPSA) is 102 Å². The standard InChI is InChI=1S/C23H22N4O4/c1-28-14-6-8-18(29-2)15(10-14)16-11-17(27-23-21(16)22(24)25-12-26-23)13-5-7-19(30-3)20(9-13)31-4/h5-12H,1-4H3,(H2,24,25,26,27).